The van der Waals surface area contributed by atoms with E-state index in [0.29, 0.717) is 5.69 Å². The van der Waals surface area contributed by atoms with Gasteiger partial charge in [0.05, 0.1) is 16.1 Å². The molecule has 168 valence electrons. The first-order valence-corrected chi connectivity index (χ1v) is 11.5. The molecule has 2 aromatic rings. The van der Waals surface area contributed by atoms with E-state index in [1.54, 1.807) is 29.2 Å². The Kier molecular flexibility index (Phi) is 7.84. The molecule has 0 radical (unpaired) electrons. The summed E-state index contributed by atoms with van der Waals surface area (Å²) < 4.78 is 31.9. The summed E-state index contributed by atoms with van der Waals surface area (Å²) in [6.45, 7) is 9.14. The Morgan fingerprint density at radius 1 is 0.903 bits per heavy atom. The summed E-state index contributed by atoms with van der Waals surface area (Å²) >= 11 is 0. The van der Waals surface area contributed by atoms with Gasteiger partial charge in [-0.05, 0) is 71.0 Å². The SMILES string of the molecule is Cc1ccc(S(=O)(=O)N(C)c2ccc(C(=O)OCC(=O)N(C(C)C)C(C)C)cc2)cc1. The Labute approximate surface area is 184 Å². The molecule has 0 N–H and O–H groups in total. The molecule has 0 heterocycles. The molecular formula is C23H30N2O5S. The van der Waals surface area contributed by atoms with Gasteiger partial charge in [0, 0.05) is 19.1 Å². The first-order valence-electron chi connectivity index (χ1n) is 10.1. The van der Waals surface area contributed by atoms with E-state index in [0.717, 1.165) is 9.87 Å². The van der Waals surface area contributed by atoms with Crippen molar-refractivity contribution in [3.8, 4) is 0 Å². The lowest BCUT2D eigenvalue weighted by Crippen LogP contribution is -2.44. The van der Waals surface area contributed by atoms with E-state index in [2.05, 4.69) is 0 Å². The highest BCUT2D eigenvalue weighted by molar-refractivity contribution is 7.92. The van der Waals surface area contributed by atoms with E-state index >= 15 is 0 Å². The van der Waals surface area contributed by atoms with Gasteiger partial charge in [0.1, 0.15) is 0 Å². The third-order valence-corrected chi connectivity index (χ3v) is 6.67. The predicted molar refractivity (Wildman–Crippen MR) is 121 cm³/mol. The van der Waals surface area contributed by atoms with Crippen LogP contribution in [0.15, 0.2) is 53.4 Å². The number of hydrogen-bond acceptors (Lipinski definition) is 5. The molecule has 0 aliphatic heterocycles. The van der Waals surface area contributed by atoms with Gasteiger partial charge in [-0.25, -0.2) is 13.2 Å². The molecule has 31 heavy (non-hydrogen) atoms. The quantitative estimate of drug-likeness (QED) is 0.578. The second-order valence-corrected chi connectivity index (χ2v) is 9.87. The van der Waals surface area contributed by atoms with Crippen molar-refractivity contribution >= 4 is 27.6 Å². The molecule has 0 saturated heterocycles. The summed E-state index contributed by atoms with van der Waals surface area (Å²) in [5, 5.41) is 0. The van der Waals surface area contributed by atoms with Crippen LogP contribution in [0.3, 0.4) is 0 Å². The number of esters is 1. The van der Waals surface area contributed by atoms with Crippen molar-refractivity contribution in [3.05, 3.63) is 59.7 Å². The zero-order valence-corrected chi connectivity index (χ0v) is 19.6. The summed E-state index contributed by atoms with van der Waals surface area (Å²) in [4.78, 5) is 26.5. The minimum atomic E-state index is -3.72. The van der Waals surface area contributed by atoms with Crippen LogP contribution in [0, 0.1) is 6.92 Å². The van der Waals surface area contributed by atoms with Crippen molar-refractivity contribution in [2.75, 3.05) is 18.0 Å². The minimum absolute atomic E-state index is 0.00324. The van der Waals surface area contributed by atoms with Crippen LogP contribution < -0.4 is 4.31 Å². The van der Waals surface area contributed by atoms with Gasteiger partial charge >= 0.3 is 5.97 Å². The molecule has 2 aromatic carbocycles. The maximum absolute atomic E-state index is 12.8. The highest BCUT2D eigenvalue weighted by Gasteiger charge is 2.23. The fourth-order valence-electron chi connectivity index (χ4n) is 3.27. The van der Waals surface area contributed by atoms with Crippen molar-refractivity contribution < 1.29 is 22.7 Å². The van der Waals surface area contributed by atoms with Crippen LogP contribution in [-0.4, -0.2) is 50.9 Å². The third kappa shape index (κ3) is 5.85. The predicted octanol–water partition coefficient (Wildman–Crippen LogP) is 3.62. The number of carbonyl (C=O) groups is 2. The van der Waals surface area contributed by atoms with Crippen LogP contribution in [0.4, 0.5) is 5.69 Å². The number of hydrogen-bond donors (Lipinski definition) is 0. The van der Waals surface area contributed by atoms with Gasteiger partial charge < -0.3 is 9.64 Å². The van der Waals surface area contributed by atoms with Gasteiger partial charge in [-0.3, -0.25) is 9.10 Å². The van der Waals surface area contributed by atoms with Gasteiger partial charge in [-0.15, -0.1) is 0 Å². The first-order chi connectivity index (χ1) is 14.4. The van der Waals surface area contributed by atoms with E-state index in [1.165, 1.54) is 31.3 Å². The molecule has 2 rings (SSSR count). The Morgan fingerprint density at radius 3 is 1.90 bits per heavy atom. The lowest BCUT2D eigenvalue weighted by Gasteiger charge is -2.30. The number of rotatable bonds is 8. The van der Waals surface area contributed by atoms with Crippen molar-refractivity contribution in [3.63, 3.8) is 0 Å². The first kappa shape index (κ1) is 24.4. The normalized spacial score (nSPS) is 11.5. The lowest BCUT2D eigenvalue weighted by molar-refractivity contribution is -0.138. The molecule has 0 unspecified atom stereocenters. The molecule has 0 spiro atoms. The minimum Gasteiger partial charge on any atom is -0.452 e. The van der Waals surface area contributed by atoms with E-state index in [-0.39, 0.29) is 35.1 Å². The van der Waals surface area contributed by atoms with Crippen molar-refractivity contribution in [2.45, 2.75) is 51.6 Å². The Bertz CT molecular complexity index is 1000. The van der Waals surface area contributed by atoms with Crippen LogP contribution in [-0.2, 0) is 19.6 Å². The number of amides is 1. The van der Waals surface area contributed by atoms with E-state index in [1.807, 2.05) is 34.6 Å². The lowest BCUT2D eigenvalue weighted by atomic mass is 10.2. The Hall–Kier alpha value is -2.87. The summed E-state index contributed by atoms with van der Waals surface area (Å²) in [5.41, 5.74) is 1.60. The summed E-state index contributed by atoms with van der Waals surface area (Å²) in [7, 11) is -2.27. The highest BCUT2D eigenvalue weighted by atomic mass is 32.2. The fraction of sp³-hybridized carbons (Fsp3) is 0.391. The van der Waals surface area contributed by atoms with Crippen molar-refractivity contribution in [2.24, 2.45) is 0 Å². The third-order valence-electron chi connectivity index (χ3n) is 4.87. The molecule has 0 bridgehead atoms. The van der Waals surface area contributed by atoms with Gasteiger partial charge in [-0.1, -0.05) is 17.7 Å². The summed E-state index contributed by atoms with van der Waals surface area (Å²) in [5.74, 6) is -0.907. The second-order valence-electron chi connectivity index (χ2n) is 7.90. The zero-order chi connectivity index (χ0) is 23.3. The van der Waals surface area contributed by atoms with Gasteiger partial charge in [-0.2, -0.15) is 0 Å². The molecule has 8 heteroatoms. The largest absolute Gasteiger partial charge is 0.452 e. The number of nitrogens with zero attached hydrogens (tertiary/aromatic N) is 2. The summed E-state index contributed by atoms with van der Waals surface area (Å²) in [6, 6.07) is 12.6. The molecule has 7 nitrogen and oxygen atoms in total. The topological polar surface area (TPSA) is 84.0 Å². The Morgan fingerprint density at radius 2 is 1.42 bits per heavy atom. The van der Waals surface area contributed by atoms with Crippen LogP contribution in [0.5, 0.6) is 0 Å². The van der Waals surface area contributed by atoms with Crippen LogP contribution >= 0.6 is 0 Å². The molecule has 0 aliphatic rings. The molecular weight excluding hydrogens is 416 g/mol. The van der Waals surface area contributed by atoms with E-state index < -0.39 is 16.0 Å². The van der Waals surface area contributed by atoms with Crippen LogP contribution in [0.2, 0.25) is 0 Å². The van der Waals surface area contributed by atoms with Gasteiger partial charge in [0.2, 0.25) is 0 Å². The molecule has 0 atom stereocenters. The molecule has 0 fully saturated rings. The number of carbonyl (C=O) groups excluding carboxylic acids is 2. The number of ether oxygens (including phenoxy) is 1. The molecule has 0 aromatic heterocycles. The fourth-order valence-corrected chi connectivity index (χ4v) is 4.47. The van der Waals surface area contributed by atoms with Gasteiger partial charge in [0.15, 0.2) is 6.61 Å². The standard InChI is InChI=1S/C23H30N2O5S/c1-16(2)25(17(3)4)22(26)15-30-23(27)19-9-11-20(12-10-19)24(6)31(28,29)21-13-7-18(5)8-14-21/h7-14,16-17H,15H2,1-6H3. The average Bonchev–Trinajstić information content (AvgIpc) is 2.71. The number of benzene rings is 2. The highest BCUT2D eigenvalue weighted by Crippen LogP contribution is 2.23. The van der Waals surface area contributed by atoms with E-state index in [4.69, 9.17) is 4.74 Å². The van der Waals surface area contributed by atoms with Gasteiger partial charge in [0.25, 0.3) is 15.9 Å². The number of sulfonamides is 1. The second kappa shape index (κ2) is 9.96. The van der Waals surface area contributed by atoms with Crippen molar-refractivity contribution in [1.82, 2.24) is 4.90 Å². The number of aryl methyl sites for hydroxylation is 1. The average molecular weight is 447 g/mol. The zero-order valence-electron chi connectivity index (χ0n) is 18.8. The van der Waals surface area contributed by atoms with Crippen LogP contribution in [0.25, 0.3) is 0 Å². The maximum Gasteiger partial charge on any atom is 0.338 e. The monoisotopic (exact) mass is 446 g/mol. The molecule has 1 amide bonds. The van der Waals surface area contributed by atoms with Crippen molar-refractivity contribution in [1.29, 1.82) is 0 Å². The summed E-state index contributed by atoms with van der Waals surface area (Å²) in [6.07, 6.45) is 0. The molecule has 0 saturated carbocycles. The Balaban J connectivity index is 2.08. The number of anilines is 1. The van der Waals surface area contributed by atoms with E-state index in [9.17, 15) is 18.0 Å². The maximum atomic E-state index is 12.8. The van der Waals surface area contributed by atoms with Crippen LogP contribution in [0.1, 0.15) is 43.6 Å². The molecule has 0 aliphatic carbocycles. The smallest absolute Gasteiger partial charge is 0.338 e.